The third kappa shape index (κ3) is 3.42. The Morgan fingerprint density at radius 2 is 2.13 bits per heavy atom. The monoisotopic (exact) mass is 217 g/mol. The van der Waals surface area contributed by atoms with Crippen LogP contribution in [0.1, 0.15) is 39.5 Å². The Labute approximate surface area is 92.5 Å². The molecule has 1 rings (SSSR count). The Balaban J connectivity index is 2.55. The van der Waals surface area contributed by atoms with Crippen LogP contribution in [0.25, 0.3) is 0 Å². The predicted molar refractivity (Wildman–Crippen MR) is 60.6 cm³/mol. The molecule has 0 aromatic heterocycles. The Kier molecular flexibility index (Phi) is 4.53. The molecule has 15 heavy (non-hydrogen) atoms. The molecule has 90 valence electrons. The molecule has 0 aromatic carbocycles. The van der Waals surface area contributed by atoms with Crippen LogP contribution in [0, 0.1) is 5.41 Å². The van der Waals surface area contributed by atoms with Crippen LogP contribution in [-0.2, 0) is 0 Å². The molecule has 0 aromatic rings. The van der Waals surface area contributed by atoms with Crippen LogP contribution in [-0.4, -0.2) is 42.4 Å². The van der Waals surface area contributed by atoms with E-state index in [0.717, 1.165) is 25.8 Å². The van der Waals surface area contributed by atoms with Crippen LogP contribution >= 0.6 is 0 Å². The predicted octanol–water partition coefficient (Wildman–Crippen LogP) is 2.22. The molecule has 3 heteroatoms. The standard InChI is InChI=1S/C12H24FNO/c1-12(2)6-5-10(15)9-11(12)14(3)8-4-7-13/h10-11,15H,4-9H2,1-3H3. The normalized spacial score (nSPS) is 30.8. The molecule has 1 aliphatic rings. The lowest BCUT2D eigenvalue weighted by atomic mass is 9.71. The van der Waals surface area contributed by atoms with Crippen molar-refractivity contribution < 1.29 is 9.50 Å². The number of rotatable bonds is 4. The zero-order valence-corrected chi connectivity index (χ0v) is 10.2. The lowest BCUT2D eigenvalue weighted by molar-refractivity contribution is -0.00187. The van der Waals surface area contributed by atoms with Crippen molar-refractivity contribution >= 4 is 0 Å². The van der Waals surface area contributed by atoms with Gasteiger partial charge in [0, 0.05) is 12.6 Å². The highest BCUT2D eigenvalue weighted by Crippen LogP contribution is 2.38. The third-order valence-electron chi connectivity index (χ3n) is 3.70. The summed E-state index contributed by atoms with van der Waals surface area (Å²) in [6, 6.07) is 0.382. The van der Waals surface area contributed by atoms with Gasteiger partial charge in [-0.2, -0.15) is 0 Å². The molecule has 1 N–H and O–H groups in total. The van der Waals surface area contributed by atoms with Crippen molar-refractivity contribution in [1.29, 1.82) is 0 Å². The van der Waals surface area contributed by atoms with E-state index in [1.165, 1.54) is 0 Å². The first-order valence-corrected chi connectivity index (χ1v) is 5.91. The second-order valence-corrected chi connectivity index (χ2v) is 5.46. The summed E-state index contributed by atoms with van der Waals surface area (Å²) in [6.07, 6.45) is 3.21. The average molecular weight is 217 g/mol. The fraction of sp³-hybridized carbons (Fsp3) is 1.00. The van der Waals surface area contributed by atoms with Crippen molar-refractivity contribution in [3.63, 3.8) is 0 Å². The number of nitrogens with zero attached hydrogens (tertiary/aromatic N) is 1. The maximum absolute atomic E-state index is 12.1. The number of aliphatic hydroxyl groups is 1. The largest absolute Gasteiger partial charge is 0.393 e. The van der Waals surface area contributed by atoms with E-state index in [9.17, 15) is 9.50 Å². The smallest absolute Gasteiger partial charge is 0.0906 e. The second-order valence-electron chi connectivity index (χ2n) is 5.46. The van der Waals surface area contributed by atoms with E-state index in [0.29, 0.717) is 12.5 Å². The first-order chi connectivity index (χ1) is 6.97. The molecule has 1 aliphatic carbocycles. The Morgan fingerprint density at radius 3 is 2.73 bits per heavy atom. The highest BCUT2D eigenvalue weighted by Gasteiger charge is 2.37. The average Bonchev–Trinajstić information content (AvgIpc) is 2.18. The van der Waals surface area contributed by atoms with E-state index < -0.39 is 0 Å². The maximum atomic E-state index is 12.1. The topological polar surface area (TPSA) is 23.5 Å². The van der Waals surface area contributed by atoms with Gasteiger partial charge in [-0.3, -0.25) is 4.39 Å². The van der Waals surface area contributed by atoms with Crippen molar-refractivity contribution in [3.8, 4) is 0 Å². The summed E-state index contributed by atoms with van der Waals surface area (Å²) in [6.45, 7) is 5.03. The summed E-state index contributed by atoms with van der Waals surface area (Å²) in [5.74, 6) is 0. The molecule has 0 aliphatic heterocycles. The first kappa shape index (κ1) is 12.9. The summed E-state index contributed by atoms with van der Waals surface area (Å²) in [4.78, 5) is 2.21. The van der Waals surface area contributed by atoms with Crippen molar-refractivity contribution in [2.45, 2.75) is 51.7 Å². The van der Waals surface area contributed by atoms with Crippen LogP contribution in [0.2, 0.25) is 0 Å². The van der Waals surface area contributed by atoms with Gasteiger partial charge in [0.2, 0.25) is 0 Å². The lowest BCUT2D eigenvalue weighted by Crippen LogP contribution is -2.48. The first-order valence-electron chi connectivity index (χ1n) is 5.91. The number of aliphatic hydroxyl groups excluding tert-OH is 1. The Bertz CT molecular complexity index is 196. The molecular formula is C12H24FNO. The SMILES string of the molecule is CN(CCCF)C1CC(O)CCC1(C)C. The van der Waals surface area contributed by atoms with Crippen molar-refractivity contribution in [1.82, 2.24) is 4.90 Å². The second kappa shape index (κ2) is 5.26. The Hall–Kier alpha value is -0.150. The highest BCUT2D eigenvalue weighted by atomic mass is 19.1. The van der Waals surface area contributed by atoms with Crippen molar-refractivity contribution in [3.05, 3.63) is 0 Å². The van der Waals surface area contributed by atoms with Gasteiger partial charge in [-0.05, 0) is 38.1 Å². The summed E-state index contributed by atoms with van der Waals surface area (Å²) in [5, 5.41) is 9.69. The molecule has 1 fully saturated rings. The minimum atomic E-state index is -0.250. The molecule has 2 nitrogen and oxygen atoms in total. The van der Waals surface area contributed by atoms with E-state index >= 15 is 0 Å². The molecule has 2 atom stereocenters. The zero-order chi connectivity index (χ0) is 11.5. The number of hydrogen-bond acceptors (Lipinski definition) is 2. The minimum absolute atomic E-state index is 0.171. The summed E-state index contributed by atoms with van der Waals surface area (Å²) in [5.41, 5.74) is 0.240. The molecule has 0 saturated heterocycles. The van der Waals surface area contributed by atoms with E-state index in [2.05, 4.69) is 18.7 Å². The van der Waals surface area contributed by atoms with Crippen LogP contribution in [0.5, 0.6) is 0 Å². The quantitative estimate of drug-likeness (QED) is 0.780. The lowest BCUT2D eigenvalue weighted by Gasteiger charge is -2.45. The van der Waals surface area contributed by atoms with Gasteiger partial charge in [-0.1, -0.05) is 13.8 Å². The molecule has 1 saturated carbocycles. The van der Waals surface area contributed by atoms with Gasteiger partial charge >= 0.3 is 0 Å². The van der Waals surface area contributed by atoms with Gasteiger partial charge < -0.3 is 10.0 Å². The minimum Gasteiger partial charge on any atom is -0.393 e. The molecule has 0 heterocycles. The molecule has 0 spiro atoms. The zero-order valence-electron chi connectivity index (χ0n) is 10.2. The maximum Gasteiger partial charge on any atom is 0.0906 e. The number of alkyl halides is 1. The number of hydrogen-bond donors (Lipinski definition) is 1. The summed E-state index contributed by atoms with van der Waals surface area (Å²) in [7, 11) is 2.04. The molecule has 0 radical (unpaired) electrons. The van der Waals surface area contributed by atoms with E-state index in [-0.39, 0.29) is 18.2 Å². The van der Waals surface area contributed by atoms with E-state index in [4.69, 9.17) is 0 Å². The molecular weight excluding hydrogens is 193 g/mol. The van der Waals surface area contributed by atoms with Crippen LogP contribution in [0.4, 0.5) is 4.39 Å². The highest BCUT2D eigenvalue weighted by molar-refractivity contribution is 4.91. The van der Waals surface area contributed by atoms with Gasteiger partial charge in [0.15, 0.2) is 0 Å². The van der Waals surface area contributed by atoms with Gasteiger partial charge in [0.1, 0.15) is 0 Å². The molecule has 0 amide bonds. The van der Waals surface area contributed by atoms with Crippen LogP contribution < -0.4 is 0 Å². The summed E-state index contributed by atoms with van der Waals surface area (Å²) >= 11 is 0. The van der Waals surface area contributed by atoms with Gasteiger partial charge in [0.25, 0.3) is 0 Å². The van der Waals surface area contributed by atoms with Gasteiger partial charge in [-0.25, -0.2) is 0 Å². The fourth-order valence-electron chi connectivity index (χ4n) is 2.64. The van der Waals surface area contributed by atoms with Crippen molar-refractivity contribution in [2.75, 3.05) is 20.3 Å². The van der Waals surface area contributed by atoms with Gasteiger partial charge in [-0.15, -0.1) is 0 Å². The molecule has 0 bridgehead atoms. The van der Waals surface area contributed by atoms with Crippen LogP contribution in [0.3, 0.4) is 0 Å². The number of halogens is 1. The van der Waals surface area contributed by atoms with Crippen LogP contribution in [0.15, 0.2) is 0 Å². The summed E-state index contributed by atoms with van der Waals surface area (Å²) < 4.78 is 12.1. The van der Waals surface area contributed by atoms with Crippen molar-refractivity contribution in [2.24, 2.45) is 5.41 Å². The van der Waals surface area contributed by atoms with Gasteiger partial charge in [0.05, 0.1) is 12.8 Å². The van der Waals surface area contributed by atoms with E-state index in [1.807, 2.05) is 7.05 Å². The van der Waals surface area contributed by atoms with E-state index in [1.54, 1.807) is 0 Å². The Morgan fingerprint density at radius 1 is 1.47 bits per heavy atom. The molecule has 2 unspecified atom stereocenters. The third-order valence-corrected chi connectivity index (χ3v) is 3.70. The fourth-order valence-corrected chi connectivity index (χ4v) is 2.64.